The quantitative estimate of drug-likeness (QED) is 0.732. The van der Waals surface area contributed by atoms with Crippen LogP contribution in [0.1, 0.15) is 44.1 Å². The van der Waals surface area contributed by atoms with E-state index in [0.29, 0.717) is 29.2 Å². The molecule has 3 N–H and O–H groups in total. The van der Waals surface area contributed by atoms with Gasteiger partial charge in [0.15, 0.2) is 0 Å². The Morgan fingerprint density at radius 2 is 1.77 bits per heavy atom. The fourth-order valence-electron chi connectivity index (χ4n) is 5.84. The van der Waals surface area contributed by atoms with Crippen LogP contribution in [0, 0.1) is 23.2 Å². The van der Waals surface area contributed by atoms with Crippen LogP contribution in [0.4, 0.5) is 0 Å². The highest BCUT2D eigenvalue weighted by Crippen LogP contribution is 2.60. The second kappa shape index (κ2) is 6.83. The lowest BCUT2D eigenvalue weighted by atomic mass is 9.49. The number of primary amides is 1. The van der Waals surface area contributed by atoms with Crippen LogP contribution >= 0.6 is 27.5 Å². The summed E-state index contributed by atoms with van der Waals surface area (Å²) >= 11 is 9.55. The molecule has 0 spiro atoms. The first-order valence-corrected chi connectivity index (χ1v) is 10.6. The van der Waals surface area contributed by atoms with Gasteiger partial charge < -0.3 is 11.1 Å². The molecule has 4 saturated carbocycles. The summed E-state index contributed by atoms with van der Waals surface area (Å²) in [6.45, 7) is 0. The summed E-state index contributed by atoms with van der Waals surface area (Å²) in [6, 6.07) is 4.71. The summed E-state index contributed by atoms with van der Waals surface area (Å²) in [5.74, 6) is 1.57. The van der Waals surface area contributed by atoms with Crippen molar-refractivity contribution in [2.45, 2.75) is 51.0 Å². The highest BCUT2D eigenvalue weighted by Gasteiger charge is 2.54. The highest BCUT2D eigenvalue weighted by molar-refractivity contribution is 9.10. The van der Waals surface area contributed by atoms with Crippen molar-refractivity contribution in [1.82, 2.24) is 5.32 Å². The van der Waals surface area contributed by atoms with E-state index in [1.54, 1.807) is 12.1 Å². The van der Waals surface area contributed by atoms with E-state index in [0.717, 1.165) is 29.3 Å². The van der Waals surface area contributed by atoms with E-state index < -0.39 is 11.9 Å². The Morgan fingerprint density at radius 3 is 2.31 bits per heavy atom. The van der Waals surface area contributed by atoms with E-state index in [4.69, 9.17) is 17.3 Å². The number of carbonyl (C=O) groups excluding carboxylic acids is 2. The number of hydrogen-bond acceptors (Lipinski definition) is 2. The molecule has 4 aliphatic carbocycles. The highest BCUT2D eigenvalue weighted by atomic mass is 79.9. The van der Waals surface area contributed by atoms with E-state index in [1.165, 1.54) is 19.3 Å². The number of hydrogen-bond donors (Lipinski definition) is 2. The van der Waals surface area contributed by atoms with E-state index in [-0.39, 0.29) is 11.3 Å². The molecule has 1 atom stereocenters. The standard InChI is InChI=1S/C20H24BrClN2O2/c21-16-2-1-15(22)6-14(16)7-17(18(23)25)24-19(26)20-8-11-3-12(9-20)5-13(4-11)10-20/h1-2,6,11-13,17H,3-5,7-10H2,(H2,23,25)(H,24,26)/t11?,12?,13?,17-,20?/m0/s1. The summed E-state index contributed by atoms with van der Waals surface area (Å²) in [6.07, 6.45) is 7.09. The molecule has 0 radical (unpaired) electrons. The predicted molar refractivity (Wildman–Crippen MR) is 105 cm³/mol. The molecular weight excluding hydrogens is 416 g/mol. The lowest BCUT2D eigenvalue weighted by Crippen LogP contribution is -2.57. The lowest BCUT2D eigenvalue weighted by Gasteiger charge is -2.55. The van der Waals surface area contributed by atoms with Crippen molar-refractivity contribution in [2.75, 3.05) is 0 Å². The van der Waals surface area contributed by atoms with Gasteiger partial charge in [-0.3, -0.25) is 9.59 Å². The maximum Gasteiger partial charge on any atom is 0.240 e. The molecule has 0 heterocycles. The average molecular weight is 440 g/mol. The van der Waals surface area contributed by atoms with Crippen molar-refractivity contribution in [3.63, 3.8) is 0 Å². The molecule has 0 aromatic heterocycles. The lowest BCUT2D eigenvalue weighted by molar-refractivity contribution is -0.148. The molecular formula is C20H24BrClN2O2. The van der Waals surface area contributed by atoms with Crippen molar-refractivity contribution < 1.29 is 9.59 Å². The van der Waals surface area contributed by atoms with E-state index in [1.807, 2.05) is 6.07 Å². The Labute approximate surface area is 167 Å². The summed E-state index contributed by atoms with van der Waals surface area (Å²) in [7, 11) is 0. The van der Waals surface area contributed by atoms with Crippen LogP contribution in [0.2, 0.25) is 5.02 Å². The zero-order valence-electron chi connectivity index (χ0n) is 14.6. The Hall–Kier alpha value is -1.07. The fraction of sp³-hybridized carbons (Fsp3) is 0.600. The van der Waals surface area contributed by atoms with Crippen LogP contribution in [-0.4, -0.2) is 17.9 Å². The topological polar surface area (TPSA) is 72.2 Å². The predicted octanol–water partition coefficient (Wildman–Crippen LogP) is 3.83. The van der Waals surface area contributed by atoms with Crippen LogP contribution in [0.5, 0.6) is 0 Å². The van der Waals surface area contributed by atoms with Gasteiger partial charge >= 0.3 is 0 Å². The minimum Gasteiger partial charge on any atom is -0.368 e. The Balaban J connectivity index is 1.51. The third-order valence-corrected chi connectivity index (χ3v) is 7.61. The van der Waals surface area contributed by atoms with Gasteiger partial charge in [0.1, 0.15) is 6.04 Å². The van der Waals surface area contributed by atoms with E-state index >= 15 is 0 Å². The number of amides is 2. The fourth-order valence-corrected chi connectivity index (χ4v) is 6.45. The third-order valence-electron chi connectivity index (χ3n) is 6.60. The summed E-state index contributed by atoms with van der Waals surface area (Å²) < 4.78 is 0.859. The monoisotopic (exact) mass is 438 g/mol. The van der Waals surface area contributed by atoms with Crippen LogP contribution < -0.4 is 11.1 Å². The molecule has 4 nitrogen and oxygen atoms in total. The average Bonchev–Trinajstić information content (AvgIpc) is 2.56. The summed E-state index contributed by atoms with van der Waals surface area (Å²) in [4.78, 5) is 25.2. The molecule has 0 unspecified atom stereocenters. The van der Waals surface area contributed by atoms with Gasteiger partial charge in [-0.2, -0.15) is 0 Å². The number of halogens is 2. The molecule has 6 heteroatoms. The van der Waals surface area contributed by atoms with Crippen molar-refractivity contribution in [2.24, 2.45) is 28.9 Å². The Morgan fingerprint density at radius 1 is 1.19 bits per heavy atom. The zero-order valence-corrected chi connectivity index (χ0v) is 17.0. The SMILES string of the molecule is NC(=O)[C@H](Cc1cc(Cl)ccc1Br)NC(=O)C12CC3CC(CC(C3)C1)C2. The van der Waals surface area contributed by atoms with Gasteiger partial charge in [-0.05, 0) is 80.0 Å². The largest absolute Gasteiger partial charge is 0.368 e. The molecule has 26 heavy (non-hydrogen) atoms. The molecule has 1 aromatic carbocycles. The minimum atomic E-state index is -0.717. The first-order valence-electron chi connectivity index (χ1n) is 9.39. The number of carbonyl (C=O) groups is 2. The first kappa shape index (κ1) is 18.3. The first-order chi connectivity index (χ1) is 12.3. The summed E-state index contributed by atoms with van der Waals surface area (Å²) in [5.41, 5.74) is 6.19. The Kier molecular flexibility index (Phi) is 4.81. The number of rotatable bonds is 5. The molecule has 140 valence electrons. The number of benzene rings is 1. The molecule has 4 bridgehead atoms. The summed E-state index contributed by atoms with van der Waals surface area (Å²) in [5, 5.41) is 3.59. The van der Waals surface area contributed by atoms with E-state index in [2.05, 4.69) is 21.2 Å². The second-order valence-electron chi connectivity index (χ2n) is 8.57. The van der Waals surface area contributed by atoms with Crippen LogP contribution in [0.25, 0.3) is 0 Å². The molecule has 2 amide bonds. The van der Waals surface area contributed by atoms with Crippen molar-refractivity contribution in [3.05, 3.63) is 33.3 Å². The molecule has 0 saturated heterocycles. The minimum absolute atomic E-state index is 0.0264. The van der Waals surface area contributed by atoms with Crippen molar-refractivity contribution in [1.29, 1.82) is 0 Å². The second-order valence-corrected chi connectivity index (χ2v) is 9.86. The van der Waals surface area contributed by atoms with E-state index in [9.17, 15) is 9.59 Å². The smallest absolute Gasteiger partial charge is 0.240 e. The number of nitrogens with two attached hydrogens (primary N) is 1. The maximum absolute atomic E-state index is 13.2. The van der Waals surface area contributed by atoms with Gasteiger partial charge in [0.2, 0.25) is 11.8 Å². The van der Waals surface area contributed by atoms with Gasteiger partial charge in [-0.1, -0.05) is 27.5 Å². The van der Waals surface area contributed by atoms with Gasteiger partial charge in [-0.15, -0.1) is 0 Å². The van der Waals surface area contributed by atoms with Gasteiger partial charge in [-0.25, -0.2) is 0 Å². The van der Waals surface area contributed by atoms with Crippen LogP contribution in [0.15, 0.2) is 22.7 Å². The normalized spacial score (nSPS) is 33.1. The molecule has 4 fully saturated rings. The van der Waals surface area contributed by atoms with Crippen molar-refractivity contribution >= 4 is 39.3 Å². The maximum atomic E-state index is 13.2. The Bertz CT molecular complexity index is 716. The van der Waals surface area contributed by atoms with Crippen LogP contribution in [-0.2, 0) is 16.0 Å². The molecule has 1 aromatic rings. The zero-order chi connectivity index (χ0) is 18.5. The van der Waals surface area contributed by atoms with Crippen molar-refractivity contribution in [3.8, 4) is 0 Å². The van der Waals surface area contributed by atoms with Gasteiger partial charge in [0.05, 0.1) is 0 Å². The molecule has 4 aliphatic rings. The van der Waals surface area contributed by atoms with Gasteiger partial charge in [0.25, 0.3) is 0 Å². The van der Waals surface area contributed by atoms with Gasteiger partial charge in [0, 0.05) is 21.3 Å². The molecule has 0 aliphatic heterocycles. The third kappa shape index (κ3) is 3.40. The molecule has 5 rings (SSSR count). The van der Waals surface area contributed by atoms with Crippen LogP contribution in [0.3, 0.4) is 0 Å². The number of nitrogens with one attached hydrogen (secondary N) is 1.